The number of nitrogens with one attached hydrogen (secondary N) is 1. The molecule has 2 aromatic rings. The van der Waals surface area contributed by atoms with Gasteiger partial charge >= 0.3 is 0 Å². The number of aromatic nitrogens is 2. The van der Waals surface area contributed by atoms with Crippen LogP contribution < -0.4 is 5.56 Å². The molecule has 0 saturated carbocycles. The summed E-state index contributed by atoms with van der Waals surface area (Å²) in [5, 5.41) is 3.08. The maximum Gasteiger partial charge on any atom is 0.269 e. The van der Waals surface area contributed by atoms with Crippen LogP contribution in [0.4, 0.5) is 0 Å². The summed E-state index contributed by atoms with van der Waals surface area (Å²) in [4.78, 5) is 11.8. The number of hydrogen-bond donors (Lipinski definition) is 1. The Morgan fingerprint density at radius 1 is 1.12 bits per heavy atom. The topological polar surface area (TPSA) is 37.8 Å². The van der Waals surface area contributed by atoms with Crippen LogP contribution in [0.1, 0.15) is 22.4 Å². The minimum absolute atomic E-state index is 0.0677. The van der Waals surface area contributed by atoms with Crippen LogP contribution in [0.25, 0.3) is 0 Å². The van der Waals surface area contributed by atoms with Crippen LogP contribution in [0.3, 0.4) is 0 Å². The third kappa shape index (κ3) is 1.94. The Balaban J connectivity index is 2.30. The number of aryl methyl sites for hydroxylation is 2. The molecule has 1 aromatic carbocycles. The highest BCUT2D eigenvalue weighted by Crippen LogP contribution is 2.05. The quantitative estimate of drug-likeness (QED) is 0.820. The van der Waals surface area contributed by atoms with Gasteiger partial charge in [0.15, 0.2) is 0 Å². The number of benzene rings is 1. The van der Waals surface area contributed by atoms with E-state index in [9.17, 15) is 4.79 Å². The van der Waals surface area contributed by atoms with Gasteiger partial charge in [-0.1, -0.05) is 29.8 Å². The molecule has 2 rings (SSSR count). The Morgan fingerprint density at radius 3 is 2.25 bits per heavy atom. The van der Waals surface area contributed by atoms with E-state index in [0.717, 1.165) is 16.8 Å². The van der Waals surface area contributed by atoms with Gasteiger partial charge in [0.05, 0.1) is 6.54 Å². The van der Waals surface area contributed by atoms with Gasteiger partial charge in [0.2, 0.25) is 0 Å². The summed E-state index contributed by atoms with van der Waals surface area (Å²) in [5.74, 6) is 0. The molecule has 0 unspecified atom stereocenters. The van der Waals surface area contributed by atoms with Crippen LogP contribution in [0.5, 0.6) is 0 Å². The van der Waals surface area contributed by atoms with E-state index in [-0.39, 0.29) is 5.56 Å². The van der Waals surface area contributed by atoms with Gasteiger partial charge in [0, 0.05) is 11.3 Å². The molecule has 0 amide bonds. The number of hydrogen-bond acceptors (Lipinski definition) is 1. The summed E-state index contributed by atoms with van der Waals surface area (Å²) in [6.45, 7) is 6.43. The van der Waals surface area contributed by atoms with Crippen LogP contribution in [0.15, 0.2) is 29.1 Å². The maximum atomic E-state index is 11.8. The molecule has 0 saturated heterocycles. The fraction of sp³-hybridized carbons (Fsp3) is 0.308. The first-order valence-electron chi connectivity index (χ1n) is 5.39. The van der Waals surface area contributed by atoms with E-state index >= 15 is 0 Å². The number of aromatic amines is 1. The highest BCUT2D eigenvalue weighted by Gasteiger charge is 2.06. The van der Waals surface area contributed by atoms with E-state index in [1.165, 1.54) is 5.56 Å². The lowest BCUT2D eigenvalue weighted by atomic mass is 10.1. The smallest absolute Gasteiger partial charge is 0.269 e. The average molecular weight is 216 g/mol. The zero-order valence-electron chi connectivity index (χ0n) is 9.87. The Labute approximate surface area is 94.7 Å². The second-order valence-corrected chi connectivity index (χ2v) is 4.24. The second kappa shape index (κ2) is 4.00. The average Bonchev–Trinajstić information content (AvgIpc) is 2.50. The summed E-state index contributed by atoms with van der Waals surface area (Å²) in [7, 11) is 0. The highest BCUT2D eigenvalue weighted by atomic mass is 16.1. The maximum absolute atomic E-state index is 11.8. The lowest BCUT2D eigenvalue weighted by Crippen LogP contribution is -2.18. The van der Waals surface area contributed by atoms with Crippen molar-refractivity contribution in [2.24, 2.45) is 0 Å². The fourth-order valence-corrected chi connectivity index (χ4v) is 1.69. The van der Waals surface area contributed by atoms with E-state index in [1.807, 2.05) is 26.0 Å². The lowest BCUT2D eigenvalue weighted by molar-refractivity contribution is 0.657. The van der Waals surface area contributed by atoms with Crippen LogP contribution in [0, 0.1) is 20.8 Å². The van der Waals surface area contributed by atoms with E-state index in [2.05, 4.69) is 24.2 Å². The van der Waals surface area contributed by atoms with Crippen molar-refractivity contribution >= 4 is 0 Å². The van der Waals surface area contributed by atoms with E-state index < -0.39 is 0 Å². The van der Waals surface area contributed by atoms with Gasteiger partial charge in [0.25, 0.3) is 5.56 Å². The molecule has 1 aromatic heterocycles. The van der Waals surface area contributed by atoms with Crippen molar-refractivity contribution in [3.63, 3.8) is 0 Å². The lowest BCUT2D eigenvalue weighted by Gasteiger charge is -2.02. The Kier molecular flexibility index (Phi) is 2.69. The molecule has 0 atom stereocenters. The molecule has 16 heavy (non-hydrogen) atoms. The zero-order chi connectivity index (χ0) is 11.7. The molecule has 3 heteroatoms. The van der Waals surface area contributed by atoms with Crippen molar-refractivity contribution < 1.29 is 0 Å². The molecular formula is C13H16N2O. The van der Waals surface area contributed by atoms with Crippen molar-refractivity contribution in [1.82, 2.24) is 9.78 Å². The molecule has 84 valence electrons. The molecule has 1 heterocycles. The molecule has 0 fully saturated rings. The predicted molar refractivity (Wildman–Crippen MR) is 64.8 cm³/mol. The summed E-state index contributed by atoms with van der Waals surface area (Å²) < 4.78 is 1.65. The Bertz CT molecular complexity index is 546. The third-order valence-electron chi connectivity index (χ3n) is 2.89. The van der Waals surface area contributed by atoms with Crippen molar-refractivity contribution in [1.29, 1.82) is 0 Å². The molecule has 0 bridgehead atoms. The first-order chi connectivity index (χ1) is 7.58. The fourth-order valence-electron chi connectivity index (χ4n) is 1.69. The second-order valence-electron chi connectivity index (χ2n) is 4.24. The van der Waals surface area contributed by atoms with E-state index in [0.29, 0.717) is 6.54 Å². The molecule has 0 spiro atoms. The SMILES string of the molecule is Cc1ccc(Cn2[nH]c(C)c(C)c2=O)cc1. The van der Waals surface area contributed by atoms with Crippen LogP contribution in [0.2, 0.25) is 0 Å². The standard InChI is InChI=1S/C13H16N2O/c1-9-4-6-12(7-5-9)8-15-13(16)10(2)11(3)14-15/h4-7,14H,8H2,1-3H3. The van der Waals surface area contributed by atoms with E-state index in [1.54, 1.807) is 4.68 Å². The number of H-pyrrole nitrogens is 1. The van der Waals surface area contributed by atoms with Gasteiger partial charge in [-0.05, 0) is 26.3 Å². The van der Waals surface area contributed by atoms with Gasteiger partial charge in [-0.15, -0.1) is 0 Å². The molecule has 1 N–H and O–H groups in total. The van der Waals surface area contributed by atoms with Gasteiger partial charge < -0.3 is 0 Å². The van der Waals surface area contributed by atoms with Crippen molar-refractivity contribution in [2.45, 2.75) is 27.3 Å². The molecule has 0 aliphatic heterocycles. The van der Waals surface area contributed by atoms with Gasteiger partial charge in [-0.3, -0.25) is 9.89 Å². The third-order valence-corrected chi connectivity index (χ3v) is 2.89. The Hall–Kier alpha value is -1.77. The first-order valence-corrected chi connectivity index (χ1v) is 5.39. The normalized spacial score (nSPS) is 10.7. The van der Waals surface area contributed by atoms with Crippen LogP contribution in [-0.2, 0) is 6.54 Å². The molecule has 0 radical (unpaired) electrons. The molecule has 3 nitrogen and oxygen atoms in total. The first kappa shape index (κ1) is 10.7. The number of nitrogens with zero attached hydrogens (tertiary/aromatic N) is 1. The minimum Gasteiger partial charge on any atom is -0.299 e. The summed E-state index contributed by atoms with van der Waals surface area (Å²) >= 11 is 0. The molecule has 0 aliphatic carbocycles. The summed E-state index contributed by atoms with van der Waals surface area (Å²) in [6.07, 6.45) is 0. The monoisotopic (exact) mass is 216 g/mol. The molecule has 0 aliphatic rings. The number of rotatable bonds is 2. The van der Waals surface area contributed by atoms with Crippen LogP contribution in [-0.4, -0.2) is 9.78 Å². The summed E-state index contributed by atoms with van der Waals surface area (Å²) in [6, 6.07) is 8.21. The zero-order valence-corrected chi connectivity index (χ0v) is 9.87. The summed E-state index contributed by atoms with van der Waals surface area (Å²) in [5.41, 5.74) is 4.17. The van der Waals surface area contributed by atoms with E-state index in [4.69, 9.17) is 0 Å². The van der Waals surface area contributed by atoms with Gasteiger partial charge in [0.1, 0.15) is 0 Å². The highest BCUT2D eigenvalue weighted by molar-refractivity contribution is 5.22. The van der Waals surface area contributed by atoms with Crippen LogP contribution >= 0.6 is 0 Å². The van der Waals surface area contributed by atoms with Crippen molar-refractivity contribution in [3.05, 3.63) is 57.0 Å². The Morgan fingerprint density at radius 2 is 1.75 bits per heavy atom. The predicted octanol–water partition coefficient (Wildman–Crippen LogP) is 2.15. The van der Waals surface area contributed by atoms with Gasteiger partial charge in [-0.2, -0.15) is 0 Å². The van der Waals surface area contributed by atoms with Crippen molar-refractivity contribution in [2.75, 3.05) is 0 Å². The minimum atomic E-state index is 0.0677. The molecular weight excluding hydrogens is 200 g/mol. The van der Waals surface area contributed by atoms with Crippen molar-refractivity contribution in [3.8, 4) is 0 Å². The van der Waals surface area contributed by atoms with Gasteiger partial charge in [-0.25, -0.2) is 4.68 Å². The largest absolute Gasteiger partial charge is 0.299 e.